The fourth-order valence-corrected chi connectivity index (χ4v) is 1.49. The highest BCUT2D eigenvalue weighted by Gasteiger charge is 1.88. The Morgan fingerprint density at radius 3 is 2.00 bits per heavy atom. The van der Waals surface area contributed by atoms with Gasteiger partial charge in [-0.3, -0.25) is 4.79 Å². The maximum atomic E-state index is 9.97. The van der Waals surface area contributed by atoms with Gasteiger partial charge in [0.2, 0.25) is 0 Å². The lowest BCUT2D eigenvalue weighted by molar-refractivity contribution is -0.104. The Labute approximate surface area is 94.3 Å². The van der Waals surface area contributed by atoms with Crippen molar-refractivity contribution in [1.82, 2.24) is 0 Å². The number of carbonyl (C=O) groups is 1. The molecule has 86 valence electrons. The molecule has 0 aromatic heterocycles. The Bertz CT molecular complexity index is 180. The number of allylic oxidation sites excluding steroid dienone is 4. The average Bonchev–Trinajstić information content (AvgIpc) is 2.26. The second-order valence-electron chi connectivity index (χ2n) is 3.79. The zero-order chi connectivity index (χ0) is 11.2. The van der Waals surface area contributed by atoms with Gasteiger partial charge in [0.1, 0.15) is 6.29 Å². The van der Waals surface area contributed by atoms with Crippen molar-refractivity contribution in [3.05, 3.63) is 24.3 Å². The van der Waals surface area contributed by atoms with Crippen molar-refractivity contribution in [2.24, 2.45) is 0 Å². The van der Waals surface area contributed by atoms with E-state index in [9.17, 15) is 4.79 Å². The van der Waals surface area contributed by atoms with Crippen LogP contribution in [0.5, 0.6) is 0 Å². The molecule has 0 radical (unpaired) electrons. The van der Waals surface area contributed by atoms with Crippen molar-refractivity contribution in [2.75, 3.05) is 0 Å². The minimum absolute atomic E-state index is 0.847. The van der Waals surface area contributed by atoms with E-state index < -0.39 is 0 Å². The van der Waals surface area contributed by atoms with Crippen LogP contribution >= 0.6 is 0 Å². The van der Waals surface area contributed by atoms with Crippen LogP contribution in [0.3, 0.4) is 0 Å². The molecule has 0 amide bonds. The molecule has 0 saturated heterocycles. The van der Waals surface area contributed by atoms with Crippen molar-refractivity contribution in [1.29, 1.82) is 0 Å². The summed E-state index contributed by atoms with van der Waals surface area (Å²) in [6.45, 7) is 2.17. The van der Waals surface area contributed by atoms with Crippen LogP contribution in [0.4, 0.5) is 0 Å². The maximum absolute atomic E-state index is 9.97. The summed E-state index contributed by atoms with van der Waals surface area (Å²) in [7, 11) is 0. The molecule has 0 saturated carbocycles. The summed E-state index contributed by atoms with van der Waals surface area (Å²) in [6.07, 6.45) is 18.9. The first kappa shape index (κ1) is 14.2. The molecule has 0 fully saturated rings. The van der Waals surface area contributed by atoms with Crippen molar-refractivity contribution < 1.29 is 4.79 Å². The average molecular weight is 208 g/mol. The van der Waals surface area contributed by atoms with E-state index in [1.54, 1.807) is 6.08 Å². The van der Waals surface area contributed by atoms with Gasteiger partial charge >= 0.3 is 0 Å². The van der Waals surface area contributed by atoms with Crippen LogP contribution in [-0.4, -0.2) is 6.29 Å². The smallest absolute Gasteiger partial charge is 0.142 e. The first-order chi connectivity index (χ1) is 7.41. The van der Waals surface area contributed by atoms with Crippen LogP contribution in [0.25, 0.3) is 0 Å². The third kappa shape index (κ3) is 13.2. The van der Waals surface area contributed by atoms with Crippen LogP contribution in [0.1, 0.15) is 58.3 Å². The predicted molar refractivity (Wildman–Crippen MR) is 67.0 cm³/mol. The summed E-state index contributed by atoms with van der Waals surface area (Å²) >= 11 is 0. The summed E-state index contributed by atoms with van der Waals surface area (Å²) in [6, 6.07) is 0. The van der Waals surface area contributed by atoms with Crippen molar-refractivity contribution in [3.63, 3.8) is 0 Å². The molecule has 0 aliphatic rings. The van der Waals surface area contributed by atoms with Crippen molar-refractivity contribution >= 4 is 6.29 Å². The van der Waals surface area contributed by atoms with Gasteiger partial charge in [0.15, 0.2) is 0 Å². The second-order valence-corrected chi connectivity index (χ2v) is 3.79. The van der Waals surface area contributed by atoms with Crippen molar-refractivity contribution in [2.45, 2.75) is 58.3 Å². The van der Waals surface area contributed by atoms with E-state index in [-0.39, 0.29) is 0 Å². The Balaban J connectivity index is 3.01. The third-order valence-corrected chi connectivity index (χ3v) is 2.36. The normalized spacial score (nSPS) is 11.5. The van der Waals surface area contributed by atoms with E-state index >= 15 is 0 Å². The molecule has 0 rings (SSSR count). The molecule has 0 spiro atoms. The first-order valence-electron chi connectivity index (χ1n) is 6.17. The second kappa shape index (κ2) is 13.2. The number of unbranched alkanes of at least 4 members (excludes halogenated alkanes) is 6. The number of aldehydes is 1. The summed E-state index contributed by atoms with van der Waals surface area (Å²) < 4.78 is 0. The van der Waals surface area contributed by atoms with E-state index in [1.165, 1.54) is 38.5 Å². The highest BCUT2D eigenvalue weighted by Crippen LogP contribution is 2.07. The Kier molecular flexibility index (Phi) is 12.4. The van der Waals surface area contributed by atoms with E-state index in [1.807, 2.05) is 6.08 Å². The standard InChI is InChI=1S/C14H24O/c1-2-3-4-5-6-7-8-9-10-11-12-13-14-15/h3-4,12-14H,2,5-11H2,1H3/b4-3+,13-12+. The number of carbonyl (C=O) groups excluding carboxylic acids is 1. The van der Waals surface area contributed by atoms with Gasteiger partial charge in [-0.05, 0) is 38.2 Å². The van der Waals surface area contributed by atoms with E-state index in [2.05, 4.69) is 19.1 Å². The monoisotopic (exact) mass is 208 g/mol. The van der Waals surface area contributed by atoms with Gasteiger partial charge in [0, 0.05) is 0 Å². The minimum Gasteiger partial charge on any atom is -0.299 e. The molecular weight excluding hydrogens is 184 g/mol. The summed E-state index contributed by atoms with van der Waals surface area (Å²) in [5.74, 6) is 0. The molecule has 15 heavy (non-hydrogen) atoms. The van der Waals surface area contributed by atoms with E-state index in [0.29, 0.717) is 0 Å². The minimum atomic E-state index is 0.847. The fourth-order valence-electron chi connectivity index (χ4n) is 1.49. The van der Waals surface area contributed by atoms with Gasteiger partial charge in [-0.15, -0.1) is 0 Å². The molecule has 0 heterocycles. The topological polar surface area (TPSA) is 17.1 Å². The molecule has 0 aliphatic carbocycles. The zero-order valence-electron chi connectivity index (χ0n) is 9.95. The number of hydrogen-bond acceptors (Lipinski definition) is 1. The van der Waals surface area contributed by atoms with Gasteiger partial charge in [-0.2, -0.15) is 0 Å². The van der Waals surface area contributed by atoms with Gasteiger partial charge in [-0.25, -0.2) is 0 Å². The van der Waals surface area contributed by atoms with Crippen LogP contribution in [0.2, 0.25) is 0 Å². The molecule has 0 aromatic carbocycles. The summed E-state index contributed by atoms with van der Waals surface area (Å²) in [4.78, 5) is 9.97. The molecule has 0 unspecified atom stereocenters. The van der Waals surface area contributed by atoms with Gasteiger partial charge < -0.3 is 0 Å². The van der Waals surface area contributed by atoms with E-state index in [4.69, 9.17) is 0 Å². The Morgan fingerprint density at radius 2 is 1.40 bits per heavy atom. The maximum Gasteiger partial charge on any atom is 0.142 e. The molecule has 1 heteroatoms. The van der Waals surface area contributed by atoms with Crippen molar-refractivity contribution in [3.8, 4) is 0 Å². The lowest BCUT2D eigenvalue weighted by Gasteiger charge is -1.97. The summed E-state index contributed by atoms with van der Waals surface area (Å²) in [5.41, 5.74) is 0. The molecule has 1 nitrogen and oxygen atoms in total. The highest BCUT2D eigenvalue weighted by molar-refractivity contribution is 5.64. The summed E-state index contributed by atoms with van der Waals surface area (Å²) in [5, 5.41) is 0. The molecule has 0 N–H and O–H groups in total. The molecular formula is C14H24O. The molecule has 0 bridgehead atoms. The predicted octanol–water partition coefficient (Wildman–Crippen LogP) is 4.44. The van der Waals surface area contributed by atoms with Gasteiger partial charge in [0.25, 0.3) is 0 Å². The lowest BCUT2D eigenvalue weighted by atomic mass is 10.1. The zero-order valence-corrected chi connectivity index (χ0v) is 9.95. The Hall–Kier alpha value is -0.850. The van der Waals surface area contributed by atoms with Crippen LogP contribution in [0, 0.1) is 0 Å². The van der Waals surface area contributed by atoms with E-state index in [0.717, 1.165) is 19.1 Å². The third-order valence-electron chi connectivity index (χ3n) is 2.36. The quantitative estimate of drug-likeness (QED) is 0.224. The fraction of sp³-hybridized carbons (Fsp3) is 0.643. The number of rotatable bonds is 10. The molecule has 0 atom stereocenters. The van der Waals surface area contributed by atoms with Gasteiger partial charge in [-0.1, -0.05) is 44.4 Å². The first-order valence-corrected chi connectivity index (χ1v) is 6.17. The van der Waals surface area contributed by atoms with Gasteiger partial charge in [0.05, 0.1) is 0 Å². The largest absolute Gasteiger partial charge is 0.299 e. The van der Waals surface area contributed by atoms with Crippen LogP contribution in [0.15, 0.2) is 24.3 Å². The lowest BCUT2D eigenvalue weighted by Crippen LogP contribution is -1.78. The molecule has 0 aromatic rings. The number of hydrogen-bond donors (Lipinski definition) is 0. The van der Waals surface area contributed by atoms with Crippen LogP contribution < -0.4 is 0 Å². The van der Waals surface area contributed by atoms with Crippen LogP contribution in [-0.2, 0) is 4.79 Å². The highest BCUT2D eigenvalue weighted by atomic mass is 16.1. The molecule has 0 aliphatic heterocycles. The SMILES string of the molecule is CC/C=C/CCCCCCC/C=C/C=O. The Morgan fingerprint density at radius 1 is 0.800 bits per heavy atom.